The molecule has 0 bridgehead atoms. The van der Waals surface area contributed by atoms with Crippen molar-refractivity contribution in [1.29, 1.82) is 0 Å². The molecule has 0 aliphatic carbocycles. The van der Waals surface area contributed by atoms with Crippen molar-refractivity contribution >= 4 is 46.8 Å². The second-order valence-corrected chi connectivity index (χ2v) is 12.0. The molecule has 4 fully saturated rings. The lowest BCUT2D eigenvalue weighted by molar-refractivity contribution is -0.129. The molecule has 4 N–H and O–H groups in total. The van der Waals surface area contributed by atoms with Crippen molar-refractivity contribution in [2.45, 2.75) is 26.1 Å². The molecule has 4 saturated heterocycles. The lowest BCUT2D eigenvalue weighted by Crippen LogP contribution is -2.48. The Balaban J connectivity index is 0.000000188. The number of hydrogen-bond acceptors (Lipinski definition) is 10. The molecular weight excluding hydrogens is 630 g/mol. The van der Waals surface area contributed by atoms with Gasteiger partial charge in [0.25, 0.3) is 0 Å². The summed E-state index contributed by atoms with van der Waals surface area (Å²) in [5.74, 6) is -1.44. The van der Waals surface area contributed by atoms with E-state index < -0.39 is 23.8 Å². The smallest absolute Gasteiger partial charge is 0.414 e. The summed E-state index contributed by atoms with van der Waals surface area (Å²) in [6.45, 7) is 8.83. The van der Waals surface area contributed by atoms with Crippen molar-refractivity contribution in [1.82, 2.24) is 9.80 Å². The van der Waals surface area contributed by atoms with Gasteiger partial charge in [-0.3, -0.25) is 19.4 Å². The average molecular weight is 673 g/mol. The normalized spacial score (nSPS) is 21.2. The van der Waals surface area contributed by atoms with Gasteiger partial charge in [-0.05, 0) is 24.3 Å². The molecule has 0 aromatic heterocycles. The van der Waals surface area contributed by atoms with Crippen LogP contribution < -0.4 is 31.1 Å². The van der Waals surface area contributed by atoms with Gasteiger partial charge in [0.05, 0.1) is 18.8 Å². The number of carbonyl (C=O) groups is 4. The van der Waals surface area contributed by atoms with Crippen molar-refractivity contribution < 1.29 is 37.4 Å². The van der Waals surface area contributed by atoms with Crippen LogP contribution in [-0.4, -0.2) is 125 Å². The molecule has 6 rings (SSSR count). The monoisotopic (exact) mass is 672 g/mol. The van der Waals surface area contributed by atoms with Gasteiger partial charge in [0, 0.05) is 103 Å². The van der Waals surface area contributed by atoms with Crippen LogP contribution in [0.15, 0.2) is 36.4 Å². The lowest BCUT2D eigenvalue weighted by atomic mass is 10.2. The highest BCUT2D eigenvalue weighted by Gasteiger charge is 2.34. The van der Waals surface area contributed by atoms with Gasteiger partial charge >= 0.3 is 12.2 Å². The summed E-state index contributed by atoms with van der Waals surface area (Å²) < 4.78 is 39.3. The number of benzene rings is 2. The molecule has 2 aromatic rings. The van der Waals surface area contributed by atoms with Crippen LogP contribution in [0.3, 0.4) is 0 Å². The number of piperazine rings is 2. The fraction of sp³-hybridized carbons (Fsp3) is 0.500. The van der Waals surface area contributed by atoms with Gasteiger partial charge in [-0.2, -0.15) is 0 Å². The molecular formula is C32H42F2N8O6. The number of amides is 4. The van der Waals surface area contributed by atoms with Crippen LogP contribution >= 0.6 is 0 Å². The fourth-order valence-electron chi connectivity index (χ4n) is 6.09. The van der Waals surface area contributed by atoms with Crippen LogP contribution in [0.25, 0.3) is 0 Å². The zero-order chi connectivity index (χ0) is 34.5. The van der Waals surface area contributed by atoms with E-state index in [-0.39, 0.29) is 48.5 Å². The highest BCUT2D eigenvalue weighted by Crippen LogP contribution is 2.31. The molecule has 4 aliphatic heterocycles. The van der Waals surface area contributed by atoms with Crippen molar-refractivity contribution in [3.05, 3.63) is 48.0 Å². The molecule has 260 valence electrons. The molecule has 2 aromatic carbocycles. The first-order chi connectivity index (χ1) is 23.0. The van der Waals surface area contributed by atoms with E-state index in [2.05, 4.69) is 4.90 Å². The maximum Gasteiger partial charge on any atom is 0.414 e. The lowest BCUT2D eigenvalue weighted by Gasteiger charge is -2.36. The van der Waals surface area contributed by atoms with Crippen molar-refractivity contribution in [2.75, 3.05) is 98.1 Å². The number of anilines is 4. The van der Waals surface area contributed by atoms with E-state index in [1.807, 2.05) is 29.2 Å². The SMILES string of the molecule is CC(=O)N1CCN(c2c(F)cc(N3C[C@H](CN)OC3=O)cc2F)CC1.CC(=O)N1CCN(c2ccc(N3C[C@H](CN)OC3=O)cc2)CC1. The topological polar surface area (TPSA) is 158 Å². The maximum atomic E-state index is 14.5. The first-order valence-electron chi connectivity index (χ1n) is 16.0. The van der Waals surface area contributed by atoms with Gasteiger partial charge in [-0.25, -0.2) is 18.4 Å². The molecule has 48 heavy (non-hydrogen) atoms. The Labute approximate surface area is 277 Å². The van der Waals surface area contributed by atoms with Crippen molar-refractivity contribution in [3.63, 3.8) is 0 Å². The Kier molecular flexibility index (Phi) is 10.8. The van der Waals surface area contributed by atoms with Crippen LogP contribution in [0.4, 0.5) is 41.1 Å². The summed E-state index contributed by atoms with van der Waals surface area (Å²) in [5.41, 5.74) is 12.9. The number of hydrogen-bond donors (Lipinski definition) is 2. The minimum atomic E-state index is -0.754. The third-order valence-electron chi connectivity index (χ3n) is 8.88. The number of carbonyl (C=O) groups excluding carboxylic acids is 4. The quantitative estimate of drug-likeness (QED) is 0.462. The predicted octanol–water partition coefficient (Wildman–Crippen LogP) is 1.56. The van der Waals surface area contributed by atoms with Gasteiger partial charge in [0.2, 0.25) is 11.8 Å². The second kappa shape index (κ2) is 15.0. The molecule has 0 radical (unpaired) electrons. The number of ether oxygens (including phenoxy) is 2. The predicted molar refractivity (Wildman–Crippen MR) is 175 cm³/mol. The Morgan fingerprint density at radius 3 is 1.46 bits per heavy atom. The van der Waals surface area contributed by atoms with E-state index in [9.17, 15) is 28.0 Å². The Morgan fingerprint density at radius 1 is 0.667 bits per heavy atom. The molecule has 14 nitrogen and oxygen atoms in total. The molecule has 4 heterocycles. The van der Waals surface area contributed by atoms with Crippen molar-refractivity contribution in [2.24, 2.45) is 11.5 Å². The maximum absolute atomic E-state index is 14.5. The Morgan fingerprint density at radius 2 is 1.06 bits per heavy atom. The molecule has 0 unspecified atom stereocenters. The van der Waals surface area contributed by atoms with E-state index >= 15 is 0 Å². The van der Waals surface area contributed by atoms with Crippen LogP contribution in [0.2, 0.25) is 0 Å². The summed E-state index contributed by atoms with van der Waals surface area (Å²) in [6, 6.07) is 10.1. The highest BCUT2D eigenvalue weighted by atomic mass is 19.1. The average Bonchev–Trinajstić information content (AvgIpc) is 3.66. The van der Waals surface area contributed by atoms with Gasteiger partial charge in [0.15, 0.2) is 11.6 Å². The van der Waals surface area contributed by atoms with Gasteiger partial charge < -0.3 is 40.5 Å². The molecule has 16 heteroatoms. The van der Waals surface area contributed by atoms with Gasteiger partial charge in [0.1, 0.15) is 17.9 Å². The Hall–Kier alpha value is -4.70. The molecule has 0 saturated carbocycles. The summed E-state index contributed by atoms with van der Waals surface area (Å²) in [5, 5.41) is 0. The molecule has 4 amide bonds. The van der Waals surface area contributed by atoms with Gasteiger partial charge in [-0.1, -0.05) is 0 Å². The fourth-order valence-corrected chi connectivity index (χ4v) is 6.09. The zero-order valence-electron chi connectivity index (χ0n) is 27.1. The second-order valence-electron chi connectivity index (χ2n) is 12.0. The minimum absolute atomic E-state index is 0.0575. The molecule has 0 spiro atoms. The van der Waals surface area contributed by atoms with Crippen LogP contribution in [0.1, 0.15) is 13.8 Å². The third kappa shape index (κ3) is 7.71. The standard InChI is InChI=1S/C16H20F2N4O3.C16H22N4O3/c1-10(23)20-2-4-21(5-3-20)15-13(17)6-11(7-14(15)18)22-9-12(8-19)25-16(22)24;1-12(21)18-6-8-19(9-7-18)13-2-4-14(5-3-13)20-11-15(10-17)23-16(20)22/h6-7,12H,2-5,8-9,19H2,1H3;2-5,15H,6-11,17H2,1H3/t12-;15-/m00/s1. The Bertz CT molecular complexity index is 1470. The minimum Gasteiger partial charge on any atom is -0.443 e. The van der Waals surface area contributed by atoms with E-state index in [0.717, 1.165) is 49.7 Å². The zero-order valence-corrected chi connectivity index (χ0v) is 27.1. The van der Waals surface area contributed by atoms with Crippen molar-refractivity contribution in [3.8, 4) is 0 Å². The van der Waals surface area contributed by atoms with E-state index in [1.165, 1.54) is 11.8 Å². The van der Waals surface area contributed by atoms with E-state index in [4.69, 9.17) is 20.9 Å². The van der Waals surface area contributed by atoms with Crippen LogP contribution in [0, 0.1) is 11.6 Å². The van der Waals surface area contributed by atoms with Crippen LogP contribution in [-0.2, 0) is 19.1 Å². The molecule has 2 atom stereocenters. The first kappa shape index (κ1) is 34.6. The largest absolute Gasteiger partial charge is 0.443 e. The summed E-state index contributed by atoms with van der Waals surface area (Å²) in [4.78, 5) is 56.4. The number of nitrogens with zero attached hydrogens (tertiary/aromatic N) is 6. The highest BCUT2D eigenvalue weighted by molar-refractivity contribution is 5.90. The number of cyclic esters (lactones) is 2. The first-order valence-corrected chi connectivity index (χ1v) is 16.0. The summed E-state index contributed by atoms with van der Waals surface area (Å²) >= 11 is 0. The number of halogens is 2. The van der Waals surface area contributed by atoms with E-state index in [0.29, 0.717) is 39.3 Å². The van der Waals surface area contributed by atoms with Crippen LogP contribution in [0.5, 0.6) is 0 Å². The third-order valence-corrected chi connectivity index (χ3v) is 8.88. The number of nitrogens with two attached hydrogens (primary N) is 2. The summed E-state index contributed by atoms with van der Waals surface area (Å²) in [6.07, 6.45) is -1.74. The number of rotatable bonds is 6. The van der Waals surface area contributed by atoms with E-state index in [1.54, 1.807) is 21.6 Å². The molecule has 4 aliphatic rings. The van der Waals surface area contributed by atoms with Gasteiger partial charge in [-0.15, -0.1) is 0 Å². The summed E-state index contributed by atoms with van der Waals surface area (Å²) in [7, 11) is 0.